The van der Waals surface area contributed by atoms with Gasteiger partial charge in [-0.3, -0.25) is 4.79 Å². The van der Waals surface area contributed by atoms with E-state index in [0.29, 0.717) is 0 Å². The van der Waals surface area contributed by atoms with E-state index in [1.165, 1.54) is 14.0 Å². The zero-order valence-corrected chi connectivity index (χ0v) is 7.53. The van der Waals surface area contributed by atoms with Crippen LogP contribution in [0.1, 0.15) is 13.3 Å². The Morgan fingerprint density at radius 1 is 1.46 bits per heavy atom. The fourth-order valence-corrected chi connectivity index (χ4v) is 0.740. The number of hydrogen-bond acceptors (Lipinski definition) is 2. The van der Waals surface area contributed by atoms with E-state index >= 15 is 0 Å². The van der Waals surface area contributed by atoms with Crippen LogP contribution >= 0.6 is 0 Å². The lowest BCUT2D eigenvalue weighted by Gasteiger charge is -2.12. The highest BCUT2D eigenvalue weighted by molar-refractivity contribution is 5.80. The molecular formula is C7H13F3N2O. The normalized spacial score (nSPS) is 13.9. The molecule has 0 fully saturated rings. The molecule has 2 N–H and O–H groups in total. The van der Waals surface area contributed by atoms with E-state index in [4.69, 9.17) is 0 Å². The molecule has 0 saturated carbocycles. The highest BCUT2D eigenvalue weighted by Crippen LogP contribution is 2.18. The highest BCUT2D eigenvalue weighted by Gasteiger charge is 2.26. The molecule has 0 aliphatic heterocycles. The molecule has 0 aromatic heterocycles. The van der Waals surface area contributed by atoms with Gasteiger partial charge >= 0.3 is 6.18 Å². The summed E-state index contributed by atoms with van der Waals surface area (Å²) < 4.78 is 34.9. The summed E-state index contributed by atoms with van der Waals surface area (Å²) in [5.74, 6) is -0.317. The van der Waals surface area contributed by atoms with Crippen molar-refractivity contribution in [1.29, 1.82) is 0 Å². The molecule has 0 aliphatic carbocycles. The van der Waals surface area contributed by atoms with Crippen molar-refractivity contribution in [2.75, 3.05) is 13.6 Å². The van der Waals surface area contributed by atoms with Crippen molar-refractivity contribution >= 4 is 5.91 Å². The van der Waals surface area contributed by atoms with Crippen LogP contribution in [-0.4, -0.2) is 31.7 Å². The number of likely N-dealkylation sites (N-methyl/N-ethyl adjacent to an activating group) is 1. The van der Waals surface area contributed by atoms with Crippen molar-refractivity contribution in [3.63, 3.8) is 0 Å². The van der Waals surface area contributed by atoms with Gasteiger partial charge in [0.1, 0.15) is 0 Å². The third kappa shape index (κ3) is 6.39. The molecule has 0 aromatic carbocycles. The molecule has 0 spiro atoms. The van der Waals surface area contributed by atoms with Gasteiger partial charge in [-0.2, -0.15) is 13.2 Å². The van der Waals surface area contributed by atoms with Crippen LogP contribution in [0, 0.1) is 0 Å². The molecule has 78 valence electrons. The van der Waals surface area contributed by atoms with Gasteiger partial charge in [0.15, 0.2) is 0 Å². The third-order valence-corrected chi connectivity index (χ3v) is 1.50. The van der Waals surface area contributed by atoms with Crippen molar-refractivity contribution in [3.05, 3.63) is 0 Å². The Balaban J connectivity index is 3.59. The number of alkyl halides is 3. The van der Waals surface area contributed by atoms with E-state index in [2.05, 4.69) is 10.6 Å². The number of hydrogen-bond donors (Lipinski definition) is 2. The lowest BCUT2D eigenvalue weighted by atomic mass is 10.3. The summed E-state index contributed by atoms with van der Waals surface area (Å²) in [6, 6.07) is -0.590. The van der Waals surface area contributed by atoms with Gasteiger partial charge in [-0.15, -0.1) is 0 Å². The number of halogens is 3. The number of rotatable bonds is 4. The second-order valence-corrected chi connectivity index (χ2v) is 2.66. The molecule has 1 amide bonds. The molecular weight excluding hydrogens is 185 g/mol. The maximum absolute atomic E-state index is 11.6. The number of amides is 1. The minimum atomic E-state index is -4.17. The first-order chi connectivity index (χ1) is 5.87. The van der Waals surface area contributed by atoms with Gasteiger partial charge in [0, 0.05) is 13.6 Å². The summed E-state index contributed by atoms with van der Waals surface area (Å²) in [5, 5.41) is 4.79. The first-order valence-corrected chi connectivity index (χ1v) is 3.88. The van der Waals surface area contributed by atoms with Gasteiger partial charge in [0.2, 0.25) is 5.91 Å². The Labute approximate surface area is 74.7 Å². The molecule has 0 aliphatic rings. The lowest BCUT2D eigenvalue weighted by molar-refractivity contribution is -0.135. The van der Waals surface area contributed by atoms with E-state index in [9.17, 15) is 18.0 Å². The second kappa shape index (κ2) is 5.06. The van der Waals surface area contributed by atoms with Gasteiger partial charge in [0.05, 0.1) is 12.5 Å². The van der Waals surface area contributed by atoms with Crippen molar-refractivity contribution < 1.29 is 18.0 Å². The minimum absolute atomic E-state index is 0.238. The quantitative estimate of drug-likeness (QED) is 0.696. The summed E-state index contributed by atoms with van der Waals surface area (Å²) in [4.78, 5) is 10.8. The maximum Gasteiger partial charge on any atom is 0.390 e. The maximum atomic E-state index is 11.6. The minimum Gasteiger partial charge on any atom is -0.358 e. The standard InChI is InChI=1S/C7H13F3N2O/c1-5(6(13)11-2)12-4-3-7(8,9)10/h5,12H,3-4H2,1-2H3,(H,11,13). The summed E-state index contributed by atoms with van der Waals surface area (Å²) in [7, 11) is 1.43. The highest BCUT2D eigenvalue weighted by atomic mass is 19.4. The second-order valence-electron chi connectivity index (χ2n) is 2.66. The predicted molar refractivity (Wildman–Crippen MR) is 42.2 cm³/mol. The van der Waals surface area contributed by atoms with Crippen molar-refractivity contribution in [2.24, 2.45) is 0 Å². The van der Waals surface area contributed by atoms with E-state index in [0.717, 1.165) is 0 Å². The van der Waals surface area contributed by atoms with Gasteiger partial charge in [-0.25, -0.2) is 0 Å². The topological polar surface area (TPSA) is 41.1 Å². The Bertz CT molecular complexity index is 170. The Morgan fingerprint density at radius 3 is 2.38 bits per heavy atom. The Hall–Kier alpha value is -0.780. The van der Waals surface area contributed by atoms with Crippen LogP contribution in [-0.2, 0) is 4.79 Å². The van der Waals surface area contributed by atoms with Crippen molar-refractivity contribution in [1.82, 2.24) is 10.6 Å². The zero-order valence-electron chi connectivity index (χ0n) is 7.53. The first kappa shape index (κ1) is 12.2. The SMILES string of the molecule is CNC(=O)C(C)NCCC(F)(F)F. The molecule has 0 aromatic rings. The molecule has 6 heteroatoms. The van der Waals surface area contributed by atoms with Crippen molar-refractivity contribution in [2.45, 2.75) is 25.6 Å². The number of nitrogens with one attached hydrogen (secondary N) is 2. The molecule has 3 nitrogen and oxygen atoms in total. The molecule has 0 rings (SSSR count). The zero-order chi connectivity index (χ0) is 10.5. The largest absolute Gasteiger partial charge is 0.390 e. The summed E-state index contributed by atoms with van der Waals surface area (Å²) in [6.45, 7) is 1.27. The lowest BCUT2D eigenvalue weighted by Crippen LogP contribution is -2.41. The first-order valence-electron chi connectivity index (χ1n) is 3.88. The average Bonchev–Trinajstić information content (AvgIpc) is 2.00. The summed E-state index contributed by atoms with van der Waals surface area (Å²) in [5.41, 5.74) is 0. The van der Waals surface area contributed by atoms with Gasteiger partial charge < -0.3 is 10.6 Å². The number of carbonyl (C=O) groups excluding carboxylic acids is 1. The van der Waals surface area contributed by atoms with Crippen LogP contribution in [0.2, 0.25) is 0 Å². The Morgan fingerprint density at radius 2 is 2.00 bits per heavy atom. The summed E-state index contributed by atoms with van der Waals surface area (Å²) >= 11 is 0. The van der Waals surface area contributed by atoms with E-state index in [1.807, 2.05) is 0 Å². The predicted octanol–water partition coefficient (Wildman–Crippen LogP) is 0.663. The van der Waals surface area contributed by atoms with E-state index < -0.39 is 18.6 Å². The molecule has 0 heterocycles. The van der Waals surface area contributed by atoms with Crippen LogP contribution in [0.5, 0.6) is 0 Å². The van der Waals surface area contributed by atoms with Crippen LogP contribution in [0.3, 0.4) is 0 Å². The smallest absolute Gasteiger partial charge is 0.358 e. The molecule has 0 saturated heterocycles. The molecule has 13 heavy (non-hydrogen) atoms. The van der Waals surface area contributed by atoms with Crippen LogP contribution < -0.4 is 10.6 Å². The van der Waals surface area contributed by atoms with Gasteiger partial charge in [0.25, 0.3) is 0 Å². The Kier molecular flexibility index (Phi) is 4.76. The van der Waals surface area contributed by atoms with Crippen LogP contribution in [0.25, 0.3) is 0 Å². The van der Waals surface area contributed by atoms with Gasteiger partial charge in [-0.05, 0) is 6.92 Å². The average molecular weight is 198 g/mol. The van der Waals surface area contributed by atoms with E-state index in [1.54, 1.807) is 0 Å². The third-order valence-electron chi connectivity index (χ3n) is 1.50. The molecule has 0 radical (unpaired) electrons. The fraction of sp³-hybridized carbons (Fsp3) is 0.857. The van der Waals surface area contributed by atoms with Crippen molar-refractivity contribution in [3.8, 4) is 0 Å². The number of carbonyl (C=O) groups is 1. The summed E-state index contributed by atoms with van der Waals surface area (Å²) in [6.07, 6.45) is -5.09. The van der Waals surface area contributed by atoms with Gasteiger partial charge in [-0.1, -0.05) is 0 Å². The fourth-order valence-electron chi connectivity index (χ4n) is 0.740. The van der Waals surface area contributed by atoms with Crippen LogP contribution in [0.4, 0.5) is 13.2 Å². The van der Waals surface area contributed by atoms with Crippen LogP contribution in [0.15, 0.2) is 0 Å². The molecule has 1 unspecified atom stereocenters. The molecule has 0 bridgehead atoms. The molecule has 1 atom stereocenters. The monoisotopic (exact) mass is 198 g/mol. The van der Waals surface area contributed by atoms with E-state index in [-0.39, 0.29) is 12.5 Å².